The maximum Gasteiger partial charge on any atom is 0.326 e. The molecule has 0 aliphatic rings. The number of rotatable bonds is 9. The normalized spacial score (nSPS) is 12.8. The molecule has 0 saturated heterocycles. The van der Waals surface area contributed by atoms with Crippen LogP contribution in [0.3, 0.4) is 0 Å². The van der Waals surface area contributed by atoms with Crippen LogP contribution >= 0.6 is 0 Å². The van der Waals surface area contributed by atoms with Crippen LogP contribution in [-0.4, -0.2) is 35.0 Å². The minimum Gasteiger partial charge on any atom is -0.480 e. The maximum atomic E-state index is 12.7. The molecule has 6 heteroatoms. The van der Waals surface area contributed by atoms with Gasteiger partial charge in [-0.1, -0.05) is 74.5 Å². The summed E-state index contributed by atoms with van der Waals surface area (Å²) in [4.78, 5) is 36.6. The topological polar surface area (TPSA) is 95.5 Å². The van der Waals surface area contributed by atoms with Crippen LogP contribution < -0.4 is 10.6 Å². The summed E-state index contributed by atoms with van der Waals surface area (Å²) in [6, 6.07) is 16.4. The van der Waals surface area contributed by atoms with E-state index in [1.54, 1.807) is 13.8 Å². The Morgan fingerprint density at radius 2 is 1.39 bits per heavy atom. The first-order chi connectivity index (χ1) is 13.4. The minimum absolute atomic E-state index is 0.156. The molecule has 2 atom stereocenters. The summed E-state index contributed by atoms with van der Waals surface area (Å²) < 4.78 is 0. The molecule has 3 N–H and O–H groups in total. The number of hydrogen-bond donors (Lipinski definition) is 3. The van der Waals surface area contributed by atoms with Crippen molar-refractivity contribution in [3.8, 4) is 0 Å². The van der Waals surface area contributed by atoms with Crippen molar-refractivity contribution in [3.63, 3.8) is 0 Å². The Balaban J connectivity index is 2.01. The molecule has 2 amide bonds. The van der Waals surface area contributed by atoms with Crippen LogP contribution in [0, 0.1) is 5.92 Å². The first kappa shape index (κ1) is 21.2. The van der Waals surface area contributed by atoms with Gasteiger partial charge in [0.15, 0.2) is 0 Å². The fraction of sp³-hybridized carbons (Fsp3) is 0.318. The molecule has 2 aromatic carbocycles. The highest BCUT2D eigenvalue weighted by molar-refractivity contribution is 5.91. The lowest BCUT2D eigenvalue weighted by molar-refractivity contribution is -0.142. The van der Waals surface area contributed by atoms with Crippen molar-refractivity contribution in [2.24, 2.45) is 5.92 Å². The fourth-order valence-electron chi connectivity index (χ4n) is 2.85. The molecule has 0 spiro atoms. The quantitative estimate of drug-likeness (QED) is 0.619. The van der Waals surface area contributed by atoms with Gasteiger partial charge in [-0.3, -0.25) is 9.59 Å². The molecule has 2 unspecified atom stereocenters. The summed E-state index contributed by atoms with van der Waals surface area (Å²) in [6.07, 6.45) is 0.328. The van der Waals surface area contributed by atoms with E-state index in [1.807, 2.05) is 60.7 Å². The SMILES string of the molecule is CC(C)C(NC(=O)Cc1ccccc1)C(=O)NC(Cc1ccccc1)C(=O)O. The average molecular weight is 382 g/mol. The summed E-state index contributed by atoms with van der Waals surface area (Å²) in [5.41, 5.74) is 1.65. The van der Waals surface area contributed by atoms with E-state index in [2.05, 4.69) is 10.6 Å². The first-order valence-corrected chi connectivity index (χ1v) is 9.27. The van der Waals surface area contributed by atoms with E-state index in [0.717, 1.165) is 11.1 Å². The molecular weight excluding hydrogens is 356 g/mol. The Morgan fingerprint density at radius 1 is 0.857 bits per heavy atom. The van der Waals surface area contributed by atoms with Gasteiger partial charge in [0.2, 0.25) is 11.8 Å². The van der Waals surface area contributed by atoms with Crippen molar-refractivity contribution in [2.45, 2.75) is 38.8 Å². The molecular formula is C22H26N2O4. The summed E-state index contributed by atoms with van der Waals surface area (Å²) in [7, 11) is 0. The number of carboxylic acids is 1. The zero-order valence-electron chi connectivity index (χ0n) is 16.1. The van der Waals surface area contributed by atoms with Crippen molar-refractivity contribution in [1.29, 1.82) is 0 Å². The van der Waals surface area contributed by atoms with Crippen LogP contribution in [-0.2, 0) is 27.2 Å². The van der Waals surface area contributed by atoms with Gasteiger partial charge in [-0.15, -0.1) is 0 Å². The standard InChI is InChI=1S/C22H26N2O4/c1-15(2)20(24-19(25)14-17-11-7-4-8-12-17)21(26)23-18(22(27)28)13-16-9-5-3-6-10-16/h3-12,15,18,20H,13-14H2,1-2H3,(H,23,26)(H,24,25)(H,27,28). The van der Waals surface area contributed by atoms with Gasteiger partial charge < -0.3 is 15.7 Å². The fourth-order valence-corrected chi connectivity index (χ4v) is 2.85. The van der Waals surface area contributed by atoms with Gasteiger partial charge in [0.05, 0.1) is 6.42 Å². The molecule has 2 aromatic rings. The van der Waals surface area contributed by atoms with Gasteiger partial charge in [-0.25, -0.2) is 4.79 Å². The Morgan fingerprint density at radius 3 is 1.89 bits per heavy atom. The number of benzene rings is 2. The maximum absolute atomic E-state index is 12.7. The Bertz CT molecular complexity index is 791. The van der Waals surface area contributed by atoms with Gasteiger partial charge in [0.1, 0.15) is 12.1 Å². The lowest BCUT2D eigenvalue weighted by atomic mass is 10.0. The summed E-state index contributed by atoms with van der Waals surface area (Å²) in [6.45, 7) is 3.61. The van der Waals surface area contributed by atoms with Crippen molar-refractivity contribution in [2.75, 3.05) is 0 Å². The van der Waals surface area contributed by atoms with Gasteiger partial charge in [0.25, 0.3) is 0 Å². The third kappa shape index (κ3) is 6.54. The molecule has 0 radical (unpaired) electrons. The van der Waals surface area contributed by atoms with Crippen LogP contribution in [0.4, 0.5) is 0 Å². The van der Waals surface area contributed by atoms with Gasteiger partial charge in [0, 0.05) is 6.42 Å². The summed E-state index contributed by atoms with van der Waals surface area (Å²) in [5, 5.41) is 14.8. The zero-order chi connectivity index (χ0) is 20.5. The molecule has 6 nitrogen and oxygen atoms in total. The molecule has 0 heterocycles. The third-order valence-electron chi connectivity index (χ3n) is 4.37. The summed E-state index contributed by atoms with van der Waals surface area (Å²) in [5.74, 6) is -2.09. The number of nitrogens with one attached hydrogen (secondary N) is 2. The Labute approximate surface area is 165 Å². The minimum atomic E-state index is -1.12. The first-order valence-electron chi connectivity index (χ1n) is 9.27. The van der Waals surface area contributed by atoms with Gasteiger partial charge in [-0.2, -0.15) is 0 Å². The van der Waals surface area contributed by atoms with Crippen molar-refractivity contribution in [1.82, 2.24) is 10.6 Å². The van der Waals surface area contributed by atoms with Crippen LogP contribution in [0.2, 0.25) is 0 Å². The Hall–Kier alpha value is -3.15. The number of hydrogen-bond acceptors (Lipinski definition) is 3. The highest BCUT2D eigenvalue weighted by Gasteiger charge is 2.28. The predicted molar refractivity (Wildman–Crippen MR) is 107 cm³/mol. The average Bonchev–Trinajstić information content (AvgIpc) is 2.66. The van der Waals surface area contributed by atoms with Crippen LogP contribution in [0.15, 0.2) is 60.7 Å². The van der Waals surface area contributed by atoms with E-state index in [4.69, 9.17) is 0 Å². The van der Waals surface area contributed by atoms with Crippen LogP contribution in [0.5, 0.6) is 0 Å². The van der Waals surface area contributed by atoms with Crippen LogP contribution in [0.25, 0.3) is 0 Å². The molecule has 0 bridgehead atoms. The van der Waals surface area contributed by atoms with E-state index in [9.17, 15) is 19.5 Å². The third-order valence-corrected chi connectivity index (χ3v) is 4.37. The number of carboxylic acid groups (broad SMARTS) is 1. The highest BCUT2D eigenvalue weighted by atomic mass is 16.4. The molecule has 0 fully saturated rings. The zero-order valence-corrected chi connectivity index (χ0v) is 16.1. The van der Waals surface area contributed by atoms with E-state index < -0.39 is 24.0 Å². The summed E-state index contributed by atoms with van der Waals surface area (Å²) >= 11 is 0. The molecule has 148 valence electrons. The van der Waals surface area contributed by atoms with E-state index in [0.29, 0.717) is 0 Å². The van der Waals surface area contributed by atoms with Crippen molar-refractivity contribution < 1.29 is 19.5 Å². The number of amides is 2. The highest BCUT2D eigenvalue weighted by Crippen LogP contribution is 2.08. The molecule has 2 rings (SSSR count). The van der Waals surface area contributed by atoms with Gasteiger partial charge in [-0.05, 0) is 17.0 Å². The van der Waals surface area contributed by atoms with E-state index in [-0.39, 0.29) is 24.7 Å². The molecule has 28 heavy (non-hydrogen) atoms. The largest absolute Gasteiger partial charge is 0.480 e. The Kier molecular flexibility index (Phi) is 7.75. The van der Waals surface area contributed by atoms with Gasteiger partial charge >= 0.3 is 5.97 Å². The molecule has 0 aliphatic heterocycles. The molecule has 0 aromatic heterocycles. The van der Waals surface area contributed by atoms with Crippen LogP contribution in [0.1, 0.15) is 25.0 Å². The smallest absolute Gasteiger partial charge is 0.326 e. The number of aliphatic carboxylic acids is 1. The van der Waals surface area contributed by atoms with Crippen molar-refractivity contribution in [3.05, 3.63) is 71.8 Å². The molecule has 0 saturated carbocycles. The second-order valence-electron chi connectivity index (χ2n) is 7.04. The van der Waals surface area contributed by atoms with E-state index in [1.165, 1.54) is 0 Å². The second kappa shape index (κ2) is 10.3. The predicted octanol–water partition coefficient (Wildman–Crippen LogP) is 2.18. The molecule has 0 aliphatic carbocycles. The van der Waals surface area contributed by atoms with Crippen molar-refractivity contribution >= 4 is 17.8 Å². The lowest BCUT2D eigenvalue weighted by Gasteiger charge is -2.24. The second-order valence-corrected chi connectivity index (χ2v) is 7.04. The number of carbonyl (C=O) groups excluding carboxylic acids is 2. The lowest BCUT2D eigenvalue weighted by Crippen LogP contribution is -2.54. The number of carbonyl (C=O) groups is 3. The van der Waals surface area contributed by atoms with E-state index >= 15 is 0 Å². The monoisotopic (exact) mass is 382 g/mol.